The van der Waals surface area contributed by atoms with Gasteiger partial charge >= 0.3 is 0 Å². The zero-order valence-corrected chi connectivity index (χ0v) is 14.7. The van der Waals surface area contributed by atoms with Crippen LogP contribution in [0.25, 0.3) is 0 Å². The molecule has 0 spiro atoms. The van der Waals surface area contributed by atoms with Crippen LogP contribution in [-0.2, 0) is 0 Å². The maximum Gasteiger partial charge on any atom is 0.0610 e. The lowest BCUT2D eigenvalue weighted by molar-refractivity contribution is 0.160. The van der Waals surface area contributed by atoms with Gasteiger partial charge < -0.3 is 20.2 Å². The molecule has 1 rings (SSSR count). The Labute approximate surface area is 131 Å². The Kier molecular flexibility index (Phi) is 8.79. The number of hydrogen-bond donors (Lipinski definition) is 2. The van der Waals surface area contributed by atoms with Crippen LogP contribution in [0.3, 0.4) is 0 Å². The number of likely N-dealkylation sites (N-methyl/N-ethyl adjacent to an activating group) is 2. The smallest absolute Gasteiger partial charge is 0.0610 e. The van der Waals surface area contributed by atoms with Gasteiger partial charge in [-0.15, -0.1) is 0 Å². The van der Waals surface area contributed by atoms with Gasteiger partial charge in [-0.05, 0) is 72.8 Å². The summed E-state index contributed by atoms with van der Waals surface area (Å²) < 4.78 is 0. The van der Waals surface area contributed by atoms with Crippen LogP contribution in [0.4, 0.5) is 0 Å². The van der Waals surface area contributed by atoms with E-state index in [9.17, 15) is 5.11 Å². The third-order valence-corrected chi connectivity index (χ3v) is 4.86. The molecule has 4 nitrogen and oxygen atoms in total. The van der Waals surface area contributed by atoms with Crippen LogP contribution in [0.5, 0.6) is 0 Å². The summed E-state index contributed by atoms with van der Waals surface area (Å²) in [5, 5.41) is 13.0. The molecule has 21 heavy (non-hydrogen) atoms. The fourth-order valence-electron chi connectivity index (χ4n) is 3.21. The standard InChI is InChI=1S/C17H37N3O/c1-5-11-18-17(2,15-21)10-6-7-12-19(3)14-16-9-8-13-20(16)4/h16,18,21H,5-15H2,1-4H3. The topological polar surface area (TPSA) is 38.7 Å². The Morgan fingerprint density at radius 3 is 2.71 bits per heavy atom. The van der Waals surface area contributed by atoms with Gasteiger partial charge in [-0.1, -0.05) is 13.3 Å². The van der Waals surface area contributed by atoms with Crippen LogP contribution in [0.2, 0.25) is 0 Å². The molecule has 1 fully saturated rings. The molecule has 2 N–H and O–H groups in total. The summed E-state index contributed by atoms with van der Waals surface area (Å²) in [5.41, 5.74) is -0.0970. The van der Waals surface area contributed by atoms with Gasteiger partial charge in [0.25, 0.3) is 0 Å². The second-order valence-corrected chi connectivity index (χ2v) is 7.14. The lowest BCUT2D eigenvalue weighted by Gasteiger charge is -2.29. The molecule has 0 bridgehead atoms. The molecular weight excluding hydrogens is 262 g/mol. The monoisotopic (exact) mass is 299 g/mol. The molecule has 1 saturated heterocycles. The van der Waals surface area contributed by atoms with E-state index in [2.05, 4.69) is 43.1 Å². The van der Waals surface area contributed by atoms with E-state index in [0.717, 1.165) is 25.4 Å². The van der Waals surface area contributed by atoms with Crippen molar-refractivity contribution in [2.75, 3.05) is 46.9 Å². The van der Waals surface area contributed by atoms with Crippen molar-refractivity contribution in [1.82, 2.24) is 15.1 Å². The first-order valence-electron chi connectivity index (χ1n) is 8.75. The van der Waals surface area contributed by atoms with Gasteiger partial charge in [0.1, 0.15) is 0 Å². The molecule has 1 heterocycles. The van der Waals surface area contributed by atoms with Crippen molar-refractivity contribution < 1.29 is 5.11 Å². The number of hydrogen-bond acceptors (Lipinski definition) is 4. The minimum Gasteiger partial charge on any atom is -0.394 e. The maximum atomic E-state index is 9.56. The number of rotatable bonds is 11. The summed E-state index contributed by atoms with van der Waals surface area (Å²) in [6, 6.07) is 0.754. The summed E-state index contributed by atoms with van der Waals surface area (Å²) in [4.78, 5) is 4.97. The van der Waals surface area contributed by atoms with E-state index in [1.165, 1.54) is 45.3 Å². The van der Waals surface area contributed by atoms with Gasteiger partial charge in [0.2, 0.25) is 0 Å². The van der Waals surface area contributed by atoms with E-state index in [-0.39, 0.29) is 12.1 Å². The van der Waals surface area contributed by atoms with Crippen LogP contribution in [0.15, 0.2) is 0 Å². The molecular formula is C17H37N3O. The molecule has 0 saturated carbocycles. The first kappa shape index (κ1) is 18.9. The minimum absolute atomic E-state index is 0.0970. The maximum absolute atomic E-state index is 9.56. The summed E-state index contributed by atoms with van der Waals surface area (Å²) in [6.45, 7) is 9.15. The molecule has 4 heteroatoms. The quantitative estimate of drug-likeness (QED) is 0.572. The normalized spacial score (nSPS) is 22.9. The summed E-state index contributed by atoms with van der Waals surface area (Å²) in [7, 11) is 4.49. The van der Waals surface area contributed by atoms with Crippen molar-refractivity contribution in [3.8, 4) is 0 Å². The Bertz CT molecular complexity index is 275. The summed E-state index contributed by atoms with van der Waals surface area (Å²) in [6.07, 6.45) is 7.28. The Balaban J connectivity index is 2.14. The predicted octanol–water partition coefficient (Wildman–Crippen LogP) is 1.93. The number of aliphatic hydroxyl groups is 1. The van der Waals surface area contributed by atoms with Gasteiger partial charge in [-0.25, -0.2) is 0 Å². The predicted molar refractivity (Wildman–Crippen MR) is 90.8 cm³/mol. The third-order valence-electron chi connectivity index (χ3n) is 4.86. The third kappa shape index (κ3) is 7.09. The molecule has 2 atom stereocenters. The Morgan fingerprint density at radius 2 is 2.14 bits per heavy atom. The van der Waals surface area contributed by atoms with E-state index in [0.29, 0.717) is 0 Å². The van der Waals surface area contributed by atoms with Gasteiger partial charge in [0.15, 0.2) is 0 Å². The highest BCUT2D eigenvalue weighted by atomic mass is 16.3. The van der Waals surface area contributed by atoms with Crippen LogP contribution in [0, 0.1) is 0 Å². The molecule has 0 radical (unpaired) electrons. The lowest BCUT2D eigenvalue weighted by Crippen LogP contribution is -2.46. The highest BCUT2D eigenvalue weighted by molar-refractivity contribution is 4.82. The molecule has 0 aromatic rings. The van der Waals surface area contributed by atoms with E-state index < -0.39 is 0 Å². The first-order chi connectivity index (χ1) is 10.0. The lowest BCUT2D eigenvalue weighted by atomic mass is 9.95. The van der Waals surface area contributed by atoms with E-state index in [1.54, 1.807) is 0 Å². The fourth-order valence-corrected chi connectivity index (χ4v) is 3.21. The van der Waals surface area contributed by atoms with E-state index in [4.69, 9.17) is 0 Å². The number of nitrogens with one attached hydrogen (secondary N) is 1. The van der Waals surface area contributed by atoms with Crippen molar-refractivity contribution in [1.29, 1.82) is 0 Å². The Hall–Kier alpha value is -0.160. The molecule has 0 aliphatic carbocycles. The number of nitrogens with zero attached hydrogens (tertiary/aromatic N) is 2. The summed E-state index contributed by atoms with van der Waals surface area (Å²) in [5.74, 6) is 0. The van der Waals surface area contributed by atoms with Gasteiger partial charge in [-0.2, -0.15) is 0 Å². The van der Waals surface area contributed by atoms with Gasteiger partial charge in [0.05, 0.1) is 6.61 Å². The molecule has 0 aromatic carbocycles. The van der Waals surface area contributed by atoms with Gasteiger partial charge in [-0.3, -0.25) is 0 Å². The van der Waals surface area contributed by atoms with Crippen LogP contribution < -0.4 is 5.32 Å². The number of unbranched alkanes of at least 4 members (excludes halogenated alkanes) is 1. The fraction of sp³-hybridized carbons (Fsp3) is 1.00. The second-order valence-electron chi connectivity index (χ2n) is 7.14. The van der Waals surface area contributed by atoms with E-state index >= 15 is 0 Å². The average Bonchev–Trinajstić information content (AvgIpc) is 2.87. The van der Waals surface area contributed by atoms with Crippen LogP contribution in [0.1, 0.15) is 52.4 Å². The molecule has 0 aromatic heterocycles. The Morgan fingerprint density at radius 1 is 1.38 bits per heavy atom. The zero-order chi connectivity index (χ0) is 15.7. The van der Waals surface area contributed by atoms with Crippen LogP contribution >= 0.6 is 0 Å². The van der Waals surface area contributed by atoms with Crippen molar-refractivity contribution in [2.24, 2.45) is 0 Å². The largest absolute Gasteiger partial charge is 0.394 e. The highest BCUT2D eigenvalue weighted by Crippen LogP contribution is 2.16. The van der Waals surface area contributed by atoms with Crippen molar-refractivity contribution in [3.63, 3.8) is 0 Å². The highest BCUT2D eigenvalue weighted by Gasteiger charge is 2.23. The van der Waals surface area contributed by atoms with Crippen molar-refractivity contribution in [2.45, 2.75) is 64.0 Å². The number of likely N-dealkylation sites (tertiary alicyclic amines) is 1. The molecule has 126 valence electrons. The summed E-state index contributed by atoms with van der Waals surface area (Å²) >= 11 is 0. The molecule has 0 amide bonds. The minimum atomic E-state index is -0.0970. The van der Waals surface area contributed by atoms with Crippen molar-refractivity contribution >= 4 is 0 Å². The first-order valence-corrected chi connectivity index (χ1v) is 8.75. The molecule has 1 aliphatic rings. The molecule has 1 aliphatic heterocycles. The zero-order valence-electron chi connectivity index (χ0n) is 14.7. The average molecular weight is 300 g/mol. The SMILES string of the molecule is CCCNC(C)(CO)CCCCN(C)CC1CCCN1C. The van der Waals surface area contributed by atoms with Crippen LogP contribution in [-0.4, -0.2) is 73.4 Å². The van der Waals surface area contributed by atoms with E-state index in [1.807, 2.05) is 0 Å². The second kappa shape index (κ2) is 9.78. The number of aliphatic hydroxyl groups excluding tert-OH is 1. The molecule has 2 unspecified atom stereocenters. The van der Waals surface area contributed by atoms with Crippen molar-refractivity contribution in [3.05, 3.63) is 0 Å². The van der Waals surface area contributed by atoms with Gasteiger partial charge in [0, 0.05) is 18.1 Å².